The zero-order valence-corrected chi connectivity index (χ0v) is 16.1. The lowest BCUT2D eigenvalue weighted by Gasteiger charge is -2.10. The van der Waals surface area contributed by atoms with Crippen LogP contribution < -0.4 is 4.74 Å². The summed E-state index contributed by atoms with van der Waals surface area (Å²) in [6.45, 7) is 4.13. The number of ether oxygens (including phenoxy) is 2. The van der Waals surface area contributed by atoms with Crippen LogP contribution in [0.3, 0.4) is 0 Å². The van der Waals surface area contributed by atoms with Crippen LogP contribution in [-0.2, 0) is 11.3 Å². The first-order chi connectivity index (χ1) is 12.0. The van der Waals surface area contributed by atoms with Crippen molar-refractivity contribution in [1.82, 2.24) is 0 Å². The Kier molecular flexibility index (Phi) is 5.35. The fourth-order valence-electron chi connectivity index (χ4n) is 2.56. The number of carbonyl (C=O) groups excluding carboxylic acids is 1. The van der Waals surface area contributed by atoms with Gasteiger partial charge in [-0.25, -0.2) is 4.79 Å². The lowest BCUT2D eigenvalue weighted by Crippen LogP contribution is -2.05. The van der Waals surface area contributed by atoms with Gasteiger partial charge in [0.25, 0.3) is 0 Å². The minimum Gasteiger partial charge on any atom is -0.488 e. The first kappa shape index (κ1) is 17.8. The molecule has 0 saturated heterocycles. The third-order valence-corrected chi connectivity index (χ3v) is 4.73. The van der Waals surface area contributed by atoms with Crippen molar-refractivity contribution in [2.24, 2.45) is 0 Å². The number of esters is 1. The Morgan fingerprint density at radius 3 is 2.76 bits per heavy atom. The maximum absolute atomic E-state index is 12.2. The predicted molar refractivity (Wildman–Crippen MR) is 100 cm³/mol. The molecular weight excluding hydrogens is 408 g/mol. The number of rotatable bonds is 5. The van der Waals surface area contributed by atoms with Gasteiger partial charge in [0.2, 0.25) is 0 Å². The maximum Gasteiger partial charge on any atom is 0.342 e. The predicted octanol–water partition coefficient (Wildman–Crippen LogP) is 5.91. The fourth-order valence-corrected chi connectivity index (χ4v) is 3.19. The van der Waals surface area contributed by atoms with Crippen LogP contribution in [0.4, 0.5) is 0 Å². The number of benzene rings is 2. The van der Waals surface area contributed by atoms with E-state index in [4.69, 9.17) is 25.5 Å². The summed E-state index contributed by atoms with van der Waals surface area (Å²) >= 11 is 9.64. The molecule has 2 aromatic carbocycles. The molecule has 0 unspecified atom stereocenters. The Morgan fingerprint density at radius 1 is 1.28 bits per heavy atom. The van der Waals surface area contributed by atoms with E-state index in [-0.39, 0.29) is 0 Å². The lowest BCUT2D eigenvalue weighted by atomic mass is 10.1. The number of aryl methyl sites for hydroxylation is 1. The molecular formula is C19H16BrClO4. The summed E-state index contributed by atoms with van der Waals surface area (Å²) in [6.07, 6.45) is 0. The van der Waals surface area contributed by atoms with Crippen LogP contribution in [-0.4, -0.2) is 12.6 Å². The Labute approximate surface area is 158 Å². The summed E-state index contributed by atoms with van der Waals surface area (Å²) in [4.78, 5) is 12.2. The number of carbonyl (C=O) groups is 1. The van der Waals surface area contributed by atoms with E-state index in [0.717, 1.165) is 10.0 Å². The third kappa shape index (κ3) is 3.67. The van der Waals surface area contributed by atoms with E-state index in [1.165, 1.54) is 0 Å². The zero-order chi connectivity index (χ0) is 18.0. The summed E-state index contributed by atoms with van der Waals surface area (Å²) in [5.74, 6) is 0.709. The van der Waals surface area contributed by atoms with Crippen molar-refractivity contribution in [2.75, 3.05) is 6.61 Å². The second-order valence-electron chi connectivity index (χ2n) is 5.41. The van der Waals surface area contributed by atoms with E-state index in [2.05, 4.69) is 15.9 Å². The molecule has 0 spiro atoms. The Balaban J connectivity index is 1.96. The van der Waals surface area contributed by atoms with Crippen molar-refractivity contribution in [3.8, 4) is 5.75 Å². The topological polar surface area (TPSA) is 48.7 Å². The van der Waals surface area contributed by atoms with Gasteiger partial charge in [0.15, 0.2) is 0 Å². The van der Waals surface area contributed by atoms with Crippen LogP contribution in [0.1, 0.15) is 28.6 Å². The monoisotopic (exact) mass is 422 g/mol. The largest absolute Gasteiger partial charge is 0.488 e. The van der Waals surface area contributed by atoms with Crippen molar-refractivity contribution in [1.29, 1.82) is 0 Å². The number of furan rings is 1. The summed E-state index contributed by atoms with van der Waals surface area (Å²) in [6, 6.07) is 11.1. The lowest BCUT2D eigenvalue weighted by molar-refractivity contribution is 0.0526. The molecule has 0 radical (unpaired) electrons. The SMILES string of the molecule is CCOC(=O)c1c(C)oc2cc(Br)c(OCc3ccccc3Cl)cc12. The van der Waals surface area contributed by atoms with E-state index < -0.39 is 5.97 Å². The molecule has 4 nitrogen and oxygen atoms in total. The van der Waals surface area contributed by atoms with Crippen LogP contribution in [0.5, 0.6) is 5.75 Å². The molecule has 0 aliphatic heterocycles. The van der Waals surface area contributed by atoms with Gasteiger partial charge in [-0.3, -0.25) is 0 Å². The van der Waals surface area contributed by atoms with Gasteiger partial charge in [0, 0.05) is 16.0 Å². The van der Waals surface area contributed by atoms with E-state index in [1.54, 1.807) is 26.0 Å². The number of halogens is 2. The smallest absolute Gasteiger partial charge is 0.342 e. The van der Waals surface area contributed by atoms with Gasteiger partial charge in [-0.2, -0.15) is 0 Å². The third-order valence-electron chi connectivity index (χ3n) is 3.74. The first-order valence-electron chi connectivity index (χ1n) is 7.77. The minimum atomic E-state index is -0.405. The Hall–Kier alpha value is -1.98. The van der Waals surface area contributed by atoms with Crippen molar-refractivity contribution in [2.45, 2.75) is 20.5 Å². The van der Waals surface area contributed by atoms with Crippen LogP contribution >= 0.6 is 27.5 Å². The summed E-state index contributed by atoms with van der Waals surface area (Å²) in [7, 11) is 0. The zero-order valence-electron chi connectivity index (χ0n) is 13.8. The van der Waals surface area contributed by atoms with Gasteiger partial charge in [-0.1, -0.05) is 29.8 Å². The van der Waals surface area contributed by atoms with E-state index >= 15 is 0 Å². The van der Waals surface area contributed by atoms with Gasteiger partial charge in [-0.05, 0) is 48.0 Å². The maximum atomic E-state index is 12.2. The molecule has 1 aromatic heterocycles. The highest BCUT2D eigenvalue weighted by Crippen LogP contribution is 2.36. The molecule has 3 aromatic rings. The molecule has 0 amide bonds. The van der Waals surface area contributed by atoms with Crippen LogP contribution in [0.2, 0.25) is 5.02 Å². The van der Waals surface area contributed by atoms with Crippen molar-refractivity contribution >= 4 is 44.5 Å². The quantitative estimate of drug-likeness (QED) is 0.478. The molecule has 0 bridgehead atoms. The highest BCUT2D eigenvalue weighted by molar-refractivity contribution is 9.10. The number of fused-ring (bicyclic) bond motifs is 1. The van der Waals surface area contributed by atoms with Crippen LogP contribution in [0.15, 0.2) is 45.3 Å². The second kappa shape index (κ2) is 7.50. The molecule has 0 saturated carbocycles. The van der Waals surface area contributed by atoms with Crippen molar-refractivity contribution < 1.29 is 18.7 Å². The molecule has 1 heterocycles. The molecule has 25 heavy (non-hydrogen) atoms. The Bertz CT molecular complexity index is 933. The first-order valence-corrected chi connectivity index (χ1v) is 8.94. The van der Waals surface area contributed by atoms with Crippen LogP contribution in [0, 0.1) is 6.92 Å². The molecule has 130 valence electrons. The molecule has 0 aliphatic rings. The average molecular weight is 424 g/mol. The van der Waals surface area contributed by atoms with E-state index in [1.807, 2.05) is 24.3 Å². The van der Waals surface area contributed by atoms with Crippen LogP contribution in [0.25, 0.3) is 11.0 Å². The standard InChI is InChI=1S/C19H16BrClO4/c1-3-23-19(22)18-11(2)25-16-9-14(20)17(8-13(16)18)24-10-12-6-4-5-7-15(12)21/h4-9H,3,10H2,1-2H3. The average Bonchev–Trinajstić information content (AvgIpc) is 2.89. The van der Waals surface area contributed by atoms with E-state index in [0.29, 0.717) is 46.3 Å². The molecule has 0 N–H and O–H groups in total. The van der Waals surface area contributed by atoms with Gasteiger partial charge < -0.3 is 13.9 Å². The van der Waals surface area contributed by atoms with Crippen molar-refractivity contribution in [3.63, 3.8) is 0 Å². The second-order valence-corrected chi connectivity index (χ2v) is 6.67. The summed E-state index contributed by atoms with van der Waals surface area (Å²) < 4.78 is 17.4. The number of hydrogen-bond donors (Lipinski definition) is 0. The number of hydrogen-bond acceptors (Lipinski definition) is 4. The Morgan fingerprint density at radius 2 is 2.04 bits per heavy atom. The van der Waals surface area contributed by atoms with Crippen molar-refractivity contribution in [3.05, 3.63) is 62.8 Å². The summed E-state index contributed by atoms with van der Waals surface area (Å²) in [5, 5.41) is 1.30. The van der Waals surface area contributed by atoms with E-state index in [9.17, 15) is 4.79 Å². The highest BCUT2D eigenvalue weighted by atomic mass is 79.9. The van der Waals surface area contributed by atoms with Gasteiger partial charge in [-0.15, -0.1) is 0 Å². The molecule has 0 aliphatic carbocycles. The minimum absolute atomic E-state index is 0.303. The molecule has 0 fully saturated rings. The molecule has 6 heteroatoms. The molecule has 0 atom stereocenters. The normalized spacial score (nSPS) is 10.9. The highest BCUT2D eigenvalue weighted by Gasteiger charge is 2.21. The van der Waals surface area contributed by atoms with Gasteiger partial charge >= 0.3 is 5.97 Å². The summed E-state index contributed by atoms with van der Waals surface area (Å²) in [5.41, 5.74) is 1.90. The molecule has 3 rings (SSSR count). The van der Waals surface area contributed by atoms with Gasteiger partial charge in [0.1, 0.15) is 29.3 Å². The fraction of sp³-hybridized carbons (Fsp3) is 0.211. The van der Waals surface area contributed by atoms with Gasteiger partial charge in [0.05, 0.1) is 11.1 Å².